The van der Waals surface area contributed by atoms with Crippen LogP contribution in [0.25, 0.3) is 10.9 Å². The summed E-state index contributed by atoms with van der Waals surface area (Å²) in [5.74, 6) is -1.26. The predicted octanol–water partition coefficient (Wildman–Crippen LogP) is 2.13. The molecule has 1 aliphatic heterocycles. The predicted molar refractivity (Wildman–Crippen MR) is 112 cm³/mol. The molecule has 1 atom stereocenters. The fourth-order valence-corrected chi connectivity index (χ4v) is 4.14. The molecule has 1 aromatic carbocycles. The number of fused-ring (bicyclic) bond motifs is 1. The fourth-order valence-electron chi connectivity index (χ4n) is 4.14. The molecule has 3 N–H and O–H groups in total. The van der Waals surface area contributed by atoms with Gasteiger partial charge in [-0.05, 0) is 48.7 Å². The normalized spacial score (nSPS) is 16.7. The van der Waals surface area contributed by atoms with E-state index >= 15 is 0 Å². The molecule has 4 rings (SSSR count). The number of nitrogens with two attached hydrogens (primary N) is 1. The van der Waals surface area contributed by atoms with Gasteiger partial charge in [0.1, 0.15) is 11.5 Å². The number of likely N-dealkylation sites (tertiary alicyclic amines) is 1. The second kappa shape index (κ2) is 8.44. The summed E-state index contributed by atoms with van der Waals surface area (Å²) in [5.41, 5.74) is 8.31. The molecular formula is C22H24FN5O3. The van der Waals surface area contributed by atoms with E-state index in [2.05, 4.69) is 4.98 Å². The first kappa shape index (κ1) is 21.0. The van der Waals surface area contributed by atoms with Gasteiger partial charge in [-0.2, -0.15) is 0 Å². The van der Waals surface area contributed by atoms with Crippen LogP contribution in [-0.4, -0.2) is 56.2 Å². The third-order valence-electron chi connectivity index (χ3n) is 5.69. The second-order valence-corrected chi connectivity index (χ2v) is 7.86. The van der Waals surface area contributed by atoms with E-state index < -0.39 is 5.91 Å². The summed E-state index contributed by atoms with van der Waals surface area (Å²) in [5, 5.41) is 10.8. The number of carbonyl (C=O) groups is 2. The lowest BCUT2D eigenvalue weighted by atomic mass is 10.1. The number of hydrogen-bond acceptors (Lipinski definition) is 5. The zero-order valence-electron chi connectivity index (χ0n) is 17.2. The number of rotatable bonds is 6. The highest BCUT2D eigenvalue weighted by Gasteiger charge is 2.29. The molecular weight excluding hydrogens is 401 g/mol. The number of halogens is 1. The first-order valence-corrected chi connectivity index (χ1v) is 10.1. The molecule has 1 fully saturated rings. The van der Waals surface area contributed by atoms with Crippen LogP contribution in [0.4, 0.5) is 4.39 Å². The summed E-state index contributed by atoms with van der Waals surface area (Å²) >= 11 is 0. The van der Waals surface area contributed by atoms with E-state index in [0.717, 1.165) is 41.4 Å². The van der Waals surface area contributed by atoms with Gasteiger partial charge >= 0.3 is 0 Å². The van der Waals surface area contributed by atoms with E-state index in [1.165, 1.54) is 19.2 Å². The highest BCUT2D eigenvalue weighted by Crippen LogP contribution is 2.27. The molecule has 8 nitrogen and oxygen atoms in total. The van der Waals surface area contributed by atoms with E-state index in [1.807, 2.05) is 15.7 Å². The van der Waals surface area contributed by atoms with Crippen molar-refractivity contribution >= 4 is 22.7 Å². The van der Waals surface area contributed by atoms with Crippen molar-refractivity contribution in [2.45, 2.75) is 32.0 Å². The molecule has 0 aliphatic carbocycles. The molecule has 1 unspecified atom stereocenters. The van der Waals surface area contributed by atoms with Gasteiger partial charge in [-0.1, -0.05) is 12.1 Å². The molecule has 0 radical (unpaired) electrons. The van der Waals surface area contributed by atoms with Crippen molar-refractivity contribution in [1.29, 1.82) is 0 Å². The Morgan fingerprint density at radius 1 is 1.29 bits per heavy atom. The summed E-state index contributed by atoms with van der Waals surface area (Å²) in [6.45, 7) is 1.74. The first-order valence-electron chi connectivity index (χ1n) is 10.1. The molecule has 162 valence electrons. The van der Waals surface area contributed by atoms with Gasteiger partial charge in [0, 0.05) is 31.7 Å². The zero-order chi connectivity index (χ0) is 22.1. The average molecular weight is 425 g/mol. The largest absolute Gasteiger partial charge is 0.368 e. The second-order valence-electron chi connectivity index (χ2n) is 7.86. The van der Waals surface area contributed by atoms with E-state index in [1.54, 1.807) is 24.4 Å². The van der Waals surface area contributed by atoms with Crippen LogP contribution in [0.5, 0.6) is 0 Å². The van der Waals surface area contributed by atoms with Gasteiger partial charge in [0.15, 0.2) is 0 Å². The Labute approximate surface area is 178 Å². The molecule has 0 saturated carbocycles. The highest BCUT2D eigenvalue weighted by atomic mass is 19.1. The average Bonchev–Trinajstić information content (AvgIpc) is 3.34. The Kier molecular flexibility index (Phi) is 5.71. The minimum Gasteiger partial charge on any atom is -0.368 e. The molecule has 1 saturated heterocycles. The van der Waals surface area contributed by atoms with Gasteiger partial charge in [0.25, 0.3) is 5.91 Å². The third-order valence-corrected chi connectivity index (χ3v) is 5.69. The standard InChI is InChI=1S/C22H24FN5O3/c1-26(31)22(30)18-9-17-15(12-27-8-2-3-19(27)21(24)29)13-28(20(17)10-25-18)11-14-4-6-16(23)7-5-14/h4-7,9-10,13,19,31H,2-3,8,11-12H2,1H3,(H2,24,29). The van der Waals surface area contributed by atoms with E-state index in [-0.39, 0.29) is 23.5 Å². The van der Waals surface area contributed by atoms with Crippen LogP contribution in [0.3, 0.4) is 0 Å². The monoisotopic (exact) mass is 425 g/mol. The maximum absolute atomic E-state index is 13.3. The van der Waals surface area contributed by atoms with Gasteiger partial charge in [0.05, 0.1) is 17.8 Å². The van der Waals surface area contributed by atoms with E-state index in [4.69, 9.17) is 5.73 Å². The summed E-state index contributed by atoms with van der Waals surface area (Å²) in [6.07, 6.45) is 5.17. The summed E-state index contributed by atoms with van der Waals surface area (Å²) in [7, 11) is 1.25. The lowest BCUT2D eigenvalue weighted by molar-refractivity contribution is -0.122. The number of benzene rings is 1. The van der Waals surface area contributed by atoms with Crippen molar-refractivity contribution in [2.75, 3.05) is 13.6 Å². The lowest BCUT2D eigenvalue weighted by Crippen LogP contribution is -2.39. The van der Waals surface area contributed by atoms with Crippen molar-refractivity contribution in [1.82, 2.24) is 19.5 Å². The van der Waals surface area contributed by atoms with Crippen LogP contribution in [0, 0.1) is 5.82 Å². The number of carbonyl (C=O) groups excluding carboxylic acids is 2. The minimum atomic E-state index is -0.615. The SMILES string of the molecule is CN(O)C(=O)c1cc2c(CN3CCCC3C(N)=O)cn(Cc3ccc(F)cc3)c2cn1. The minimum absolute atomic E-state index is 0.117. The van der Waals surface area contributed by atoms with Crippen molar-refractivity contribution < 1.29 is 19.2 Å². The molecule has 3 heterocycles. The van der Waals surface area contributed by atoms with Gasteiger partial charge in [-0.25, -0.2) is 14.4 Å². The Morgan fingerprint density at radius 2 is 2.03 bits per heavy atom. The van der Waals surface area contributed by atoms with Crippen LogP contribution in [0.1, 0.15) is 34.5 Å². The number of nitrogens with zero attached hydrogens (tertiary/aromatic N) is 4. The van der Waals surface area contributed by atoms with Crippen LogP contribution < -0.4 is 5.73 Å². The number of hydroxylamine groups is 2. The quantitative estimate of drug-likeness (QED) is 0.465. The topological polar surface area (TPSA) is 105 Å². The highest BCUT2D eigenvalue weighted by molar-refractivity contribution is 5.96. The van der Waals surface area contributed by atoms with Gasteiger partial charge in [-0.15, -0.1) is 0 Å². The molecule has 1 aliphatic rings. The lowest BCUT2D eigenvalue weighted by Gasteiger charge is -2.21. The number of hydrogen-bond donors (Lipinski definition) is 2. The third kappa shape index (κ3) is 4.28. The molecule has 0 bridgehead atoms. The number of amides is 2. The van der Waals surface area contributed by atoms with Gasteiger partial charge < -0.3 is 10.3 Å². The summed E-state index contributed by atoms with van der Waals surface area (Å²) in [4.78, 5) is 30.3. The number of primary amides is 1. The Morgan fingerprint density at radius 3 is 2.71 bits per heavy atom. The smallest absolute Gasteiger partial charge is 0.295 e. The van der Waals surface area contributed by atoms with E-state index in [9.17, 15) is 19.2 Å². The van der Waals surface area contributed by atoms with Crippen molar-refractivity contribution in [2.24, 2.45) is 5.73 Å². The maximum atomic E-state index is 13.3. The number of pyridine rings is 1. The molecule has 2 aromatic heterocycles. The van der Waals surface area contributed by atoms with Crippen molar-refractivity contribution in [3.8, 4) is 0 Å². The van der Waals surface area contributed by atoms with Gasteiger partial charge in [0.2, 0.25) is 5.91 Å². The molecule has 0 spiro atoms. The van der Waals surface area contributed by atoms with Crippen LogP contribution in [0.15, 0.2) is 42.7 Å². The van der Waals surface area contributed by atoms with Crippen LogP contribution >= 0.6 is 0 Å². The maximum Gasteiger partial charge on any atom is 0.295 e. The van der Waals surface area contributed by atoms with E-state index in [0.29, 0.717) is 18.2 Å². The fraction of sp³-hybridized carbons (Fsp3) is 0.318. The van der Waals surface area contributed by atoms with Gasteiger partial charge in [-0.3, -0.25) is 19.7 Å². The Balaban J connectivity index is 1.74. The first-order chi connectivity index (χ1) is 14.8. The number of aromatic nitrogens is 2. The Bertz CT molecular complexity index is 1130. The Hall–Kier alpha value is -3.30. The van der Waals surface area contributed by atoms with Crippen LogP contribution in [0.2, 0.25) is 0 Å². The molecule has 31 heavy (non-hydrogen) atoms. The molecule has 3 aromatic rings. The van der Waals surface area contributed by atoms with Crippen molar-refractivity contribution in [3.63, 3.8) is 0 Å². The van der Waals surface area contributed by atoms with Crippen LogP contribution in [-0.2, 0) is 17.9 Å². The van der Waals surface area contributed by atoms with Crippen molar-refractivity contribution in [3.05, 3.63) is 65.4 Å². The summed E-state index contributed by atoms with van der Waals surface area (Å²) in [6, 6.07) is 7.59. The molecule has 9 heteroatoms. The zero-order valence-corrected chi connectivity index (χ0v) is 17.2. The molecule has 2 amide bonds. The summed E-state index contributed by atoms with van der Waals surface area (Å²) < 4.78 is 15.3.